The van der Waals surface area contributed by atoms with Crippen molar-refractivity contribution >= 4 is 48.5 Å². The van der Waals surface area contributed by atoms with E-state index in [2.05, 4.69) is 42.5 Å². The van der Waals surface area contributed by atoms with Crippen molar-refractivity contribution in [1.29, 1.82) is 0 Å². The van der Waals surface area contributed by atoms with Gasteiger partial charge in [0.25, 0.3) is 10.0 Å². The molecule has 0 fully saturated rings. The monoisotopic (exact) mass is 521 g/mol. The number of fused-ring (bicyclic) bond motifs is 1. The smallest absolute Gasteiger partial charge is 0.354 e. The van der Waals surface area contributed by atoms with Gasteiger partial charge < -0.3 is 5.11 Å². The number of carboxylic acid groups (broad SMARTS) is 1. The van der Waals surface area contributed by atoms with Crippen LogP contribution in [0.5, 0.6) is 0 Å². The summed E-state index contributed by atoms with van der Waals surface area (Å²) in [5.41, 5.74) is 2.09. The molecule has 0 aliphatic carbocycles. The molecule has 0 radical (unpaired) electrons. The maximum absolute atomic E-state index is 13.4. The minimum atomic E-state index is -3.99. The van der Waals surface area contributed by atoms with Crippen LogP contribution in [0.15, 0.2) is 76.4 Å². The normalized spacial score (nSPS) is 11.0. The highest BCUT2D eigenvalue weighted by atomic mass is 79.9. The molecule has 4 rings (SSSR count). The number of halogens is 1. The van der Waals surface area contributed by atoms with Gasteiger partial charge in [-0.1, -0.05) is 46.0 Å². The predicted octanol–water partition coefficient (Wildman–Crippen LogP) is 4.60. The van der Waals surface area contributed by atoms with Crippen molar-refractivity contribution in [3.63, 3.8) is 0 Å². The largest absolute Gasteiger partial charge is 0.477 e. The van der Waals surface area contributed by atoms with Crippen LogP contribution in [0, 0.1) is 18.8 Å². The zero-order chi connectivity index (χ0) is 23.6. The van der Waals surface area contributed by atoms with E-state index in [4.69, 9.17) is 5.11 Å². The first-order valence-corrected chi connectivity index (χ1v) is 11.9. The molecule has 2 heterocycles. The molecule has 0 spiro atoms. The zero-order valence-electron chi connectivity index (χ0n) is 17.2. The lowest BCUT2D eigenvalue weighted by molar-refractivity contribution is 0.0690. The molecule has 0 amide bonds. The van der Waals surface area contributed by atoms with E-state index in [1.165, 1.54) is 18.3 Å². The molecule has 0 unspecified atom stereocenters. The van der Waals surface area contributed by atoms with Crippen LogP contribution in [-0.2, 0) is 10.0 Å². The second-order valence-electron chi connectivity index (χ2n) is 7.07. The highest BCUT2D eigenvalue weighted by molar-refractivity contribution is 9.10. The molecule has 2 aromatic carbocycles. The molecule has 33 heavy (non-hydrogen) atoms. The summed E-state index contributed by atoms with van der Waals surface area (Å²) in [5.74, 6) is 4.69. The van der Waals surface area contributed by atoms with E-state index >= 15 is 0 Å². The van der Waals surface area contributed by atoms with Gasteiger partial charge >= 0.3 is 5.97 Å². The van der Waals surface area contributed by atoms with Gasteiger partial charge in [0, 0.05) is 33.4 Å². The number of aromatic carboxylic acids is 1. The Kier molecular flexibility index (Phi) is 6.14. The Labute approximate surface area is 198 Å². The summed E-state index contributed by atoms with van der Waals surface area (Å²) in [6.45, 7) is 1.72. The molecule has 2 aromatic heterocycles. The number of carboxylic acids is 1. The van der Waals surface area contributed by atoms with E-state index in [1.807, 2.05) is 6.07 Å². The summed E-state index contributed by atoms with van der Waals surface area (Å²) in [6, 6.07) is 15.1. The third-order valence-corrected chi connectivity index (χ3v) is 6.78. The van der Waals surface area contributed by atoms with E-state index in [-0.39, 0.29) is 10.6 Å². The number of carbonyl (C=O) groups is 1. The number of rotatable bonds is 4. The SMILES string of the molecule is Cc1ccc2cccnc2c1S(=O)(=O)Nc1cc(Br)ccc1C#Cc1ccc(C(=O)O)nc1. The quantitative estimate of drug-likeness (QED) is 0.380. The molecule has 164 valence electrons. The first kappa shape index (κ1) is 22.5. The second kappa shape index (κ2) is 9.02. The lowest BCUT2D eigenvalue weighted by atomic mass is 10.1. The third kappa shape index (κ3) is 4.87. The highest BCUT2D eigenvalue weighted by Gasteiger charge is 2.22. The number of aromatic nitrogens is 2. The minimum Gasteiger partial charge on any atom is -0.477 e. The number of pyridine rings is 2. The zero-order valence-corrected chi connectivity index (χ0v) is 19.6. The van der Waals surface area contributed by atoms with Gasteiger partial charge in [0.05, 0.1) is 11.2 Å². The summed E-state index contributed by atoms with van der Waals surface area (Å²) in [7, 11) is -3.99. The summed E-state index contributed by atoms with van der Waals surface area (Å²) in [6.07, 6.45) is 2.91. The number of nitrogens with zero attached hydrogens (tertiary/aromatic N) is 2. The van der Waals surface area contributed by atoms with Crippen LogP contribution in [0.25, 0.3) is 10.9 Å². The minimum absolute atomic E-state index is 0.0864. The van der Waals surface area contributed by atoms with Crippen molar-refractivity contribution < 1.29 is 18.3 Å². The van der Waals surface area contributed by atoms with Gasteiger partial charge in [0.2, 0.25) is 0 Å². The molecule has 0 saturated carbocycles. The Bertz CT molecular complexity index is 1560. The summed E-state index contributed by atoms with van der Waals surface area (Å²) < 4.78 is 30.1. The molecule has 0 bridgehead atoms. The number of hydrogen-bond donors (Lipinski definition) is 2. The maximum atomic E-state index is 13.4. The van der Waals surface area contributed by atoms with Crippen molar-refractivity contribution in [3.05, 3.63) is 93.8 Å². The van der Waals surface area contributed by atoms with Crippen molar-refractivity contribution in [2.24, 2.45) is 0 Å². The van der Waals surface area contributed by atoms with Crippen LogP contribution in [0.3, 0.4) is 0 Å². The van der Waals surface area contributed by atoms with Gasteiger partial charge in [0.1, 0.15) is 10.6 Å². The van der Waals surface area contributed by atoms with Crippen molar-refractivity contribution in [2.75, 3.05) is 4.72 Å². The highest BCUT2D eigenvalue weighted by Crippen LogP contribution is 2.29. The van der Waals surface area contributed by atoms with Gasteiger partial charge in [-0.05, 0) is 48.9 Å². The third-order valence-electron chi connectivity index (χ3n) is 4.74. The number of hydrogen-bond acceptors (Lipinski definition) is 5. The Morgan fingerprint density at radius 2 is 1.88 bits per heavy atom. The number of sulfonamides is 1. The van der Waals surface area contributed by atoms with Gasteiger partial charge in [-0.15, -0.1) is 0 Å². The van der Waals surface area contributed by atoms with E-state index in [9.17, 15) is 13.2 Å². The van der Waals surface area contributed by atoms with Gasteiger partial charge in [-0.25, -0.2) is 18.2 Å². The average Bonchev–Trinajstić information content (AvgIpc) is 2.78. The molecular formula is C24H16BrN3O4S. The van der Waals surface area contributed by atoms with Crippen LogP contribution >= 0.6 is 15.9 Å². The molecule has 0 saturated heterocycles. The molecule has 0 atom stereocenters. The van der Waals surface area contributed by atoms with Crippen LogP contribution < -0.4 is 4.72 Å². The Hall–Kier alpha value is -3.74. The van der Waals surface area contributed by atoms with Crippen LogP contribution in [0.1, 0.15) is 27.2 Å². The predicted molar refractivity (Wildman–Crippen MR) is 129 cm³/mol. The fourth-order valence-electron chi connectivity index (χ4n) is 3.20. The van der Waals surface area contributed by atoms with E-state index in [0.29, 0.717) is 32.4 Å². The fraction of sp³-hybridized carbons (Fsp3) is 0.0417. The van der Waals surface area contributed by atoms with Crippen LogP contribution in [0.4, 0.5) is 5.69 Å². The summed E-state index contributed by atoms with van der Waals surface area (Å²) >= 11 is 3.37. The van der Waals surface area contributed by atoms with Gasteiger partial charge in [-0.3, -0.25) is 9.71 Å². The van der Waals surface area contributed by atoms with Crippen molar-refractivity contribution in [1.82, 2.24) is 9.97 Å². The first-order valence-electron chi connectivity index (χ1n) is 9.63. The lowest BCUT2D eigenvalue weighted by Gasteiger charge is -2.14. The Morgan fingerprint density at radius 3 is 2.61 bits per heavy atom. The maximum Gasteiger partial charge on any atom is 0.354 e. The molecule has 7 nitrogen and oxygen atoms in total. The molecule has 2 N–H and O–H groups in total. The molecule has 9 heteroatoms. The second-order valence-corrected chi connectivity index (χ2v) is 9.60. The topological polar surface area (TPSA) is 109 Å². The summed E-state index contributed by atoms with van der Waals surface area (Å²) in [5, 5.41) is 9.68. The van der Waals surface area contributed by atoms with Gasteiger partial charge in [0.15, 0.2) is 0 Å². The fourth-order valence-corrected chi connectivity index (χ4v) is 5.04. The molecular weight excluding hydrogens is 506 g/mol. The summed E-state index contributed by atoms with van der Waals surface area (Å²) in [4.78, 5) is 19.2. The molecule has 4 aromatic rings. The Morgan fingerprint density at radius 1 is 1.06 bits per heavy atom. The number of anilines is 1. The average molecular weight is 522 g/mol. The van der Waals surface area contributed by atoms with E-state index in [1.54, 1.807) is 49.5 Å². The first-order chi connectivity index (χ1) is 15.7. The van der Waals surface area contributed by atoms with E-state index < -0.39 is 16.0 Å². The number of aryl methyl sites for hydroxylation is 1. The standard InChI is InChI=1S/C24H16BrN3O4S/c1-15-4-7-18-3-2-12-26-22(18)23(15)33(31,32)28-21-13-19(25)10-9-17(21)8-5-16-6-11-20(24(29)30)27-14-16/h2-4,6-7,9-14,28H,1H3,(H,29,30). The molecule has 0 aliphatic heterocycles. The molecule has 0 aliphatic rings. The van der Waals surface area contributed by atoms with Crippen molar-refractivity contribution in [2.45, 2.75) is 11.8 Å². The van der Waals surface area contributed by atoms with Crippen molar-refractivity contribution in [3.8, 4) is 11.8 Å². The van der Waals surface area contributed by atoms with Crippen LogP contribution in [-0.4, -0.2) is 29.5 Å². The number of benzene rings is 2. The van der Waals surface area contributed by atoms with Crippen LogP contribution in [0.2, 0.25) is 0 Å². The Balaban J connectivity index is 1.74. The van der Waals surface area contributed by atoms with Gasteiger partial charge in [-0.2, -0.15) is 0 Å². The van der Waals surface area contributed by atoms with E-state index in [0.717, 1.165) is 5.39 Å². The lowest BCUT2D eigenvalue weighted by Crippen LogP contribution is -2.16. The number of nitrogens with one attached hydrogen (secondary N) is 1.